The average molecular weight is 356 g/mol. The van der Waals surface area contributed by atoms with Crippen LogP contribution in [0.4, 0.5) is 0 Å². The van der Waals surface area contributed by atoms with Gasteiger partial charge in [0.1, 0.15) is 6.04 Å². The number of hydrogen-bond donors (Lipinski definition) is 0. The first-order valence-corrected chi connectivity index (χ1v) is 8.57. The lowest BCUT2D eigenvalue weighted by molar-refractivity contribution is -0.142. The van der Waals surface area contributed by atoms with Gasteiger partial charge in [0.25, 0.3) is 0 Å². The fourth-order valence-electron chi connectivity index (χ4n) is 3.25. The Labute approximate surface area is 150 Å². The predicted octanol–water partition coefficient (Wildman–Crippen LogP) is 2.15. The number of imidazole rings is 1. The van der Waals surface area contributed by atoms with E-state index in [4.69, 9.17) is 9.47 Å². The van der Waals surface area contributed by atoms with Crippen LogP contribution in [-0.4, -0.2) is 40.5 Å². The maximum absolute atomic E-state index is 12.9. The van der Waals surface area contributed by atoms with Crippen molar-refractivity contribution in [3.8, 4) is 0 Å². The van der Waals surface area contributed by atoms with E-state index < -0.39 is 12.0 Å². The molecule has 1 aliphatic carbocycles. The number of hydrogen-bond acceptors (Lipinski definition) is 6. The molecule has 0 aliphatic heterocycles. The number of ether oxygens (including phenoxy) is 2. The molecule has 0 radical (unpaired) electrons. The fourth-order valence-corrected chi connectivity index (χ4v) is 3.25. The summed E-state index contributed by atoms with van der Waals surface area (Å²) in [5, 5.41) is 0. The van der Waals surface area contributed by atoms with Gasteiger partial charge in [-0.25, -0.2) is 9.78 Å². The molecule has 2 aromatic rings. The molecule has 26 heavy (non-hydrogen) atoms. The molecule has 0 N–H and O–H groups in total. The lowest BCUT2D eigenvalue weighted by atomic mass is 10.0. The zero-order valence-corrected chi connectivity index (χ0v) is 14.7. The third-order valence-electron chi connectivity index (χ3n) is 4.34. The van der Waals surface area contributed by atoms with Crippen LogP contribution in [0, 0.1) is 0 Å². The van der Waals surface area contributed by atoms with Crippen molar-refractivity contribution in [2.45, 2.75) is 32.7 Å². The molecule has 0 spiro atoms. The average Bonchev–Trinajstić information content (AvgIpc) is 3.21. The monoisotopic (exact) mass is 356 g/mol. The number of benzene rings is 1. The van der Waals surface area contributed by atoms with Crippen LogP contribution in [0.25, 0.3) is 0 Å². The Balaban J connectivity index is 1.90. The Kier molecular flexibility index (Phi) is 5.16. The van der Waals surface area contributed by atoms with Gasteiger partial charge >= 0.3 is 11.9 Å². The number of esters is 2. The maximum Gasteiger partial charge on any atom is 0.374 e. The normalized spacial score (nSPS) is 15.6. The molecule has 1 aliphatic rings. The Bertz CT molecular complexity index is 855. The molecule has 1 heterocycles. The first-order chi connectivity index (χ1) is 12.6. The first-order valence-electron chi connectivity index (χ1n) is 8.57. The van der Waals surface area contributed by atoms with E-state index in [1.54, 1.807) is 36.7 Å². The molecular weight excluding hydrogens is 336 g/mol. The van der Waals surface area contributed by atoms with Crippen molar-refractivity contribution >= 4 is 17.7 Å². The van der Waals surface area contributed by atoms with Gasteiger partial charge in [0.05, 0.1) is 19.6 Å². The SMILES string of the molecule is CCOC(=O)Cc1cccc2c1CC(n1ccnc1C(=O)OCC)C2=O. The molecule has 0 fully saturated rings. The molecule has 3 rings (SSSR count). The third kappa shape index (κ3) is 3.24. The van der Waals surface area contributed by atoms with Gasteiger partial charge in [-0.05, 0) is 25.0 Å². The summed E-state index contributed by atoms with van der Waals surface area (Å²) in [6.07, 6.45) is 3.59. The highest BCUT2D eigenvalue weighted by atomic mass is 16.5. The first kappa shape index (κ1) is 17.8. The minimum Gasteiger partial charge on any atom is -0.466 e. The van der Waals surface area contributed by atoms with E-state index in [0.717, 1.165) is 11.1 Å². The van der Waals surface area contributed by atoms with Crippen molar-refractivity contribution in [3.05, 3.63) is 53.1 Å². The summed E-state index contributed by atoms with van der Waals surface area (Å²) < 4.78 is 11.6. The minimum atomic E-state index is -0.574. The van der Waals surface area contributed by atoms with Crippen LogP contribution in [-0.2, 0) is 27.1 Å². The van der Waals surface area contributed by atoms with Crippen LogP contribution in [0.5, 0.6) is 0 Å². The number of fused-ring (bicyclic) bond motifs is 1. The molecule has 1 atom stereocenters. The Morgan fingerprint density at radius 1 is 1.23 bits per heavy atom. The number of Topliss-reactive ketones (excluding diaryl/α,β-unsaturated/α-hetero) is 1. The van der Waals surface area contributed by atoms with E-state index in [1.165, 1.54) is 6.20 Å². The quantitative estimate of drug-likeness (QED) is 0.737. The van der Waals surface area contributed by atoms with Crippen LogP contribution < -0.4 is 0 Å². The third-order valence-corrected chi connectivity index (χ3v) is 4.34. The lowest BCUT2D eigenvalue weighted by Gasteiger charge is -2.13. The van der Waals surface area contributed by atoms with Crippen molar-refractivity contribution < 1.29 is 23.9 Å². The van der Waals surface area contributed by atoms with E-state index >= 15 is 0 Å². The summed E-state index contributed by atoms with van der Waals surface area (Å²) in [7, 11) is 0. The van der Waals surface area contributed by atoms with Crippen LogP contribution in [0.1, 0.15) is 52.0 Å². The predicted molar refractivity (Wildman–Crippen MR) is 92.0 cm³/mol. The molecule has 7 nitrogen and oxygen atoms in total. The van der Waals surface area contributed by atoms with Crippen molar-refractivity contribution in [3.63, 3.8) is 0 Å². The molecule has 7 heteroatoms. The smallest absolute Gasteiger partial charge is 0.374 e. The van der Waals surface area contributed by atoms with Crippen LogP contribution >= 0.6 is 0 Å². The standard InChI is InChI=1S/C19H20N2O5/c1-3-25-16(22)10-12-6-5-7-13-14(12)11-15(17(13)23)21-9-8-20-18(21)19(24)26-4-2/h5-9,15H,3-4,10-11H2,1-2H3. The molecule has 1 unspecified atom stereocenters. The van der Waals surface area contributed by atoms with Crippen LogP contribution in [0.2, 0.25) is 0 Å². The topological polar surface area (TPSA) is 87.5 Å². The molecule has 0 saturated carbocycles. The number of nitrogens with zero attached hydrogens (tertiary/aromatic N) is 2. The largest absolute Gasteiger partial charge is 0.466 e. The number of carbonyl (C=O) groups excluding carboxylic acids is 3. The van der Waals surface area contributed by atoms with Gasteiger partial charge in [0.15, 0.2) is 5.78 Å². The van der Waals surface area contributed by atoms with E-state index in [-0.39, 0.29) is 30.6 Å². The summed E-state index contributed by atoms with van der Waals surface area (Å²) in [5.74, 6) is -0.890. The van der Waals surface area contributed by atoms with E-state index in [0.29, 0.717) is 18.6 Å². The molecule has 136 valence electrons. The number of ketones is 1. The highest BCUT2D eigenvalue weighted by molar-refractivity contribution is 6.04. The highest BCUT2D eigenvalue weighted by Crippen LogP contribution is 2.33. The summed E-state index contributed by atoms with van der Waals surface area (Å²) in [4.78, 5) is 40.8. The van der Waals surface area contributed by atoms with Gasteiger partial charge in [0, 0.05) is 24.4 Å². The zero-order valence-electron chi connectivity index (χ0n) is 14.7. The minimum absolute atomic E-state index is 0.102. The van der Waals surface area contributed by atoms with Crippen molar-refractivity contribution in [1.29, 1.82) is 0 Å². The zero-order chi connectivity index (χ0) is 18.7. The van der Waals surface area contributed by atoms with E-state index in [2.05, 4.69) is 4.98 Å². The Hall–Kier alpha value is -2.96. The van der Waals surface area contributed by atoms with Gasteiger partial charge in [0.2, 0.25) is 5.82 Å². The van der Waals surface area contributed by atoms with Crippen molar-refractivity contribution in [2.75, 3.05) is 13.2 Å². The molecule has 0 amide bonds. The van der Waals surface area contributed by atoms with E-state index in [1.807, 2.05) is 6.07 Å². The Morgan fingerprint density at radius 2 is 2.00 bits per heavy atom. The molecule has 0 bridgehead atoms. The number of rotatable bonds is 6. The second kappa shape index (κ2) is 7.51. The van der Waals surface area contributed by atoms with Gasteiger partial charge in [-0.2, -0.15) is 0 Å². The van der Waals surface area contributed by atoms with Crippen molar-refractivity contribution in [2.24, 2.45) is 0 Å². The second-order valence-electron chi connectivity index (χ2n) is 5.89. The van der Waals surface area contributed by atoms with Crippen LogP contribution in [0.15, 0.2) is 30.6 Å². The van der Waals surface area contributed by atoms with Gasteiger partial charge in [-0.1, -0.05) is 18.2 Å². The fraction of sp³-hybridized carbons (Fsp3) is 0.368. The summed E-state index contributed by atoms with van der Waals surface area (Å²) in [5.41, 5.74) is 2.16. The number of carbonyl (C=O) groups is 3. The molecule has 1 aromatic carbocycles. The lowest BCUT2D eigenvalue weighted by Crippen LogP contribution is -2.21. The Morgan fingerprint density at radius 3 is 2.73 bits per heavy atom. The maximum atomic E-state index is 12.9. The highest BCUT2D eigenvalue weighted by Gasteiger charge is 2.35. The summed E-state index contributed by atoms with van der Waals surface area (Å²) >= 11 is 0. The van der Waals surface area contributed by atoms with Gasteiger partial charge in [-0.15, -0.1) is 0 Å². The van der Waals surface area contributed by atoms with E-state index in [9.17, 15) is 14.4 Å². The summed E-state index contributed by atoms with van der Waals surface area (Å²) in [6, 6.07) is 4.75. The molecule has 0 saturated heterocycles. The number of aromatic nitrogens is 2. The molecular formula is C19H20N2O5. The van der Waals surface area contributed by atoms with Crippen LogP contribution in [0.3, 0.4) is 0 Å². The second-order valence-corrected chi connectivity index (χ2v) is 5.89. The van der Waals surface area contributed by atoms with Crippen molar-refractivity contribution in [1.82, 2.24) is 9.55 Å². The van der Waals surface area contributed by atoms with Gasteiger partial charge < -0.3 is 14.0 Å². The van der Waals surface area contributed by atoms with Gasteiger partial charge in [-0.3, -0.25) is 9.59 Å². The summed E-state index contributed by atoms with van der Waals surface area (Å²) in [6.45, 7) is 4.01. The molecule has 1 aromatic heterocycles.